The standard InChI is InChI=1S/C48H76N14O13/c1-24(2)19-34-44(71)56-30(11-15-49)40(67)55-32(13-17-51)43(70)62-37(26(4)64)47(74)53-18-14-33(42(69)54-31(12-16-50)41(68)59-35(45(72)58-34)20-28-9-7-6-8-10-28)57-46(73)36(23-63)60-48(75)38(27(5)65)61-39(66)29-22-52-21-25(29)3/h6-10,21-22,24,26-27,30-38,52,63-65H,11-20,23,49-51H2,1-5H3,(H,53,74)(H,54,69)(H,55,67)(H,56,71)(H,57,73)(H,58,72)(H,59,68)(H,60,75)(H,61,66)(H,62,70)/t26-,27-,30+,31+,32+,33+,34+,35-,36-,37+,38+/m1/s1. The number of hydrogen-bond acceptors (Lipinski definition) is 16. The summed E-state index contributed by atoms with van der Waals surface area (Å²) in [6.07, 6.45) is -1.26. The number of aromatic amines is 1. The van der Waals surface area contributed by atoms with Crippen LogP contribution >= 0.6 is 0 Å². The van der Waals surface area contributed by atoms with Gasteiger partial charge in [0.2, 0.25) is 53.2 Å². The van der Waals surface area contributed by atoms with Crippen LogP contribution in [0, 0.1) is 12.8 Å². The summed E-state index contributed by atoms with van der Waals surface area (Å²) < 4.78 is 0. The summed E-state index contributed by atoms with van der Waals surface area (Å²) >= 11 is 0. The first-order valence-corrected chi connectivity index (χ1v) is 24.8. The molecule has 3 rings (SSSR count). The third kappa shape index (κ3) is 19.6. The van der Waals surface area contributed by atoms with Crippen molar-refractivity contribution < 1.29 is 63.3 Å². The fraction of sp³-hybridized carbons (Fsp3) is 0.583. The number of nitrogens with two attached hydrogens (primary N) is 3. The van der Waals surface area contributed by atoms with Crippen LogP contribution in [-0.2, 0) is 49.6 Å². The number of rotatable bonds is 19. The van der Waals surface area contributed by atoms with Gasteiger partial charge < -0.3 is 90.7 Å². The Bertz CT molecular complexity index is 2260. The number of aryl methyl sites for hydroxylation is 1. The van der Waals surface area contributed by atoms with E-state index >= 15 is 0 Å². The zero-order chi connectivity index (χ0) is 55.9. The van der Waals surface area contributed by atoms with Crippen molar-refractivity contribution in [2.24, 2.45) is 23.1 Å². The van der Waals surface area contributed by atoms with Crippen LogP contribution < -0.4 is 70.4 Å². The van der Waals surface area contributed by atoms with Crippen molar-refractivity contribution in [3.63, 3.8) is 0 Å². The maximum atomic E-state index is 14.3. The van der Waals surface area contributed by atoms with Crippen LogP contribution in [0.2, 0.25) is 0 Å². The van der Waals surface area contributed by atoms with Gasteiger partial charge in [-0.15, -0.1) is 0 Å². The highest BCUT2D eigenvalue weighted by Crippen LogP contribution is 2.12. The number of hydrogen-bond donors (Lipinski definition) is 17. The molecule has 2 aromatic rings. The molecule has 1 aliphatic rings. The molecule has 1 fully saturated rings. The van der Waals surface area contributed by atoms with Crippen molar-refractivity contribution >= 4 is 59.1 Å². The molecule has 1 aromatic carbocycles. The Hall–Kier alpha value is -7.04. The number of H-pyrrole nitrogens is 1. The summed E-state index contributed by atoms with van der Waals surface area (Å²) in [7, 11) is 0. The van der Waals surface area contributed by atoms with E-state index in [0.29, 0.717) is 11.1 Å². The van der Waals surface area contributed by atoms with Crippen LogP contribution in [0.15, 0.2) is 42.7 Å². The zero-order valence-electron chi connectivity index (χ0n) is 42.9. The largest absolute Gasteiger partial charge is 0.394 e. The maximum Gasteiger partial charge on any atom is 0.253 e. The molecule has 10 amide bonds. The molecule has 1 aliphatic heterocycles. The summed E-state index contributed by atoms with van der Waals surface area (Å²) in [5, 5.41) is 56.3. The smallest absolute Gasteiger partial charge is 0.253 e. The first-order chi connectivity index (χ1) is 35.5. The lowest BCUT2D eigenvalue weighted by Crippen LogP contribution is -2.61. The highest BCUT2D eigenvalue weighted by molar-refractivity contribution is 6.01. The van der Waals surface area contributed by atoms with E-state index in [0.717, 1.165) is 0 Å². The zero-order valence-corrected chi connectivity index (χ0v) is 42.9. The predicted molar refractivity (Wildman–Crippen MR) is 271 cm³/mol. The molecule has 0 unspecified atom stereocenters. The van der Waals surface area contributed by atoms with Crippen LogP contribution in [0.4, 0.5) is 0 Å². The van der Waals surface area contributed by atoms with E-state index in [1.54, 1.807) is 51.1 Å². The lowest BCUT2D eigenvalue weighted by atomic mass is 10.00. The van der Waals surface area contributed by atoms with Gasteiger partial charge in [0.05, 0.1) is 24.4 Å². The van der Waals surface area contributed by atoms with Crippen LogP contribution in [0.3, 0.4) is 0 Å². The van der Waals surface area contributed by atoms with E-state index in [-0.39, 0.29) is 63.2 Å². The summed E-state index contributed by atoms with van der Waals surface area (Å²) in [4.78, 5) is 141. The van der Waals surface area contributed by atoms with Gasteiger partial charge >= 0.3 is 0 Å². The first-order valence-electron chi connectivity index (χ1n) is 24.8. The Labute approximate surface area is 434 Å². The van der Waals surface area contributed by atoms with Crippen LogP contribution in [0.5, 0.6) is 0 Å². The molecule has 27 nitrogen and oxygen atoms in total. The van der Waals surface area contributed by atoms with Gasteiger partial charge in [-0.25, -0.2) is 0 Å². The van der Waals surface area contributed by atoms with E-state index in [2.05, 4.69) is 58.2 Å². The molecule has 2 heterocycles. The molecular weight excluding hydrogens is 981 g/mol. The lowest BCUT2D eigenvalue weighted by Gasteiger charge is -2.28. The van der Waals surface area contributed by atoms with Crippen LogP contribution in [0.25, 0.3) is 0 Å². The molecule has 0 saturated carbocycles. The third-order valence-corrected chi connectivity index (χ3v) is 12.0. The Balaban J connectivity index is 2.10. The van der Waals surface area contributed by atoms with Crippen molar-refractivity contribution in [2.45, 2.75) is 140 Å². The number of aliphatic hydroxyl groups excluding tert-OH is 3. The number of aromatic nitrogens is 1. The Morgan fingerprint density at radius 2 is 1.16 bits per heavy atom. The number of aliphatic hydroxyl groups is 3. The molecule has 27 heteroatoms. The van der Waals surface area contributed by atoms with Crippen molar-refractivity contribution in [3.8, 4) is 0 Å². The molecule has 0 aliphatic carbocycles. The Morgan fingerprint density at radius 1 is 0.653 bits per heavy atom. The molecular formula is C48H76N14O13. The first kappa shape index (κ1) is 62.3. The van der Waals surface area contributed by atoms with Gasteiger partial charge in [0.25, 0.3) is 5.91 Å². The molecule has 1 aromatic heterocycles. The Kier molecular flexibility index (Phi) is 25.7. The minimum atomic E-state index is -1.82. The highest BCUT2D eigenvalue weighted by atomic mass is 16.3. The average Bonchev–Trinajstić information content (AvgIpc) is 3.80. The second-order valence-corrected chi connectivity index (χ2v) is 18.7. The van der Waals surface area contributed by atoms with Gasteiger partial charge in [-0.05, 0) is 89.6 Å². The number of nitrogens with one attached hydrogen (secondary N) is 11. The molecule has 20 N–H and O–H groups in total. The number of benzene rings is 1. The normalized spacial score (nSPS) is 23.6. The highest BCUT2D eigenvalue weighted by Gasteiger charge is 2.37. The molecule has 75 heavy (non-hydrogen) atoms. The van der Waals surface area contributed by atoms with Gasteiger partial charge in [-0.1, -0.05) is 44.2 Å². The van der Waals surface area contributed by atoms with Crippen molar-refractivity contribution in [2.75, 3.05) is 32.8 Å². The van der Waals surface area contributed by atoms with Gasteiger partial charge in [-0.3, -0.25) is 47.9 Å². The quantitative estimate of drug-likeness (QED) is 0.0623. The number of carbonyl (C=O) groups excluding carboxylic acids is 10. The maximum absolute atomic E-state index is 14.3. The molecule has 0 bridgehead atoms. The van der Waals surface area contributed by atoms with E-state index < -0.39 is 145 Å². The van der Waals surface area contributed by atoms with Crippen molar-refractivity contribution in [1.82, 2.24) is 58.2 Å². The fourth-order valence-electron chi connectivity index (χ4n) is 7.85. The van der Waals surface area contributed by atoms with Crippen molar-refractivity contribution in [3.05, 3.63) is 59.4 Å². The van der Waals surface area contributed by atoms with Gasteiger partial charge in [-0.2, -0.15) is 0 Å². The summed E-state index contributed by atoms with van der Waals surface area (Å²) in [5.41, 5.74) is 18.8. The fourth-order valence-corrected chi connectivity index (χ4v) is 7.85. The number of carbonyl (C=O) groups is 10. The van der Waals surface area contributed by atoms with E-state index in [9.17, 15) is 63.3 Å². The monoisotopic (exact) mass is 1060 g/mol. The molecule has 416 valence electrons. The van der Waals surface area contributed by atoms with E-state index in [1.165, 1.54) is 26.2 Å². The minimum Gasteiger partial charge on any atom is -0.394 e. The van der Waals surface area contributed by atoms with Crippen molar-refractivity contribution in [1.29, 1.82) is 0 Å². The topological polar surface area (TPSA) is 446 Å². The lowest BCUT2D eigenvalue weighted by molar-refractivity contribution is -0.136. The minimum absolute atomic E-state index is 0.0485. The summed E-state index contributed by atoms with van der Waals surface area (Å²) in [6, 6.07) is -5.28. The van der Waals surface area contributed by atoms with E-state index in [1.807, 2.05) is 0 Å². The number of amides is 10. The van der Waals surface area contributed by atoms with Crippen LogP contribution in [0.1, 0.15) is 81.3 Å². The Morgan fingerprint density at radius 3 is 1.65 bits per heavy atom. The van der Waals surface area contributed by atoms with E-state index in [4.69, 9.17) is 17.2 Å². The van der Waals surface area contributed by atoms with Gasteiger partial charge in [0.15, 0.2) is 0 Å². The predicted octanol–water partition coefficient (Wildman–Crippen LogP) is -6.09. The summed E-state index contributed by atoms with van der Waals surface area (Å²) in [6.45, 7) is 5.58. The second-order valence-electron chi connectivity index (χ2n) is 18.7. The third-order valence-electron chi connectivity index (χ3n) is 12.0. The van der Waals surface area contributed by atoms with Gasteiger partial charge in [0.1, 0.15) is 54.4 Å². The SMILES string of the molecule is Cc1c[nH]cc1C(=O)N[C@H](C(=O)N[C@H](CO)C(=O)N[C@H]1CCNC(=O)[C@H]([C@@H](C)O)NC(=O)[C@H](CCN)NC(=O)[C@H](CCN)NC(=O)[C@H](CC(C)C)NC(=O)[C@@H](Cc2ccccc2)NC(=O)[C@H](CCN)NC1=O)[C@@H](C)O. The summed E-state index contributed by atoms with van der Waals surface area (Å²) in [5.74, 6) is -9.66. The second kappa shape index (κ2) is 31.0. The molecule has 1 saturated heterocycles. The molecule has 0 spiro atoms. The molecule has 11 atom stereocenters. The van der Waals surface area contributed by atoms with Gasteiger partial charge in [0, 0.05) is 25.4 Å². The molecule has 0 radical (unpaired) electrons. The van der Waals surface area contributed by atoms with Crippen LogP contribution in [-0.4, -0.2) is 179 Å². The average molecular weight is 1060 g/mol.